The number of carboxylic acids is 1. The summed E-state index contributed by atoms with van der Waals surface area (Å²) < 4.78 is 0. The highest BCUT2D eigenvalue weighted by molar-refractivity contribution is 7.17. The van der Waals surface area contributed by atoms with E-state index in [0.717, 1.165) is 63.2 Å². The van der Waals surface area contributed by atoms with Crippen LogP contribution in [0.25, 0.3) is 11.4 Å². The van der Waals surface area contributed by atoms with E-state index in [-0.39, 0.29) is 4.88 Å². The maximum Gasteiger partial charge on any atom is 0.348 e. The molecule has 1 atom stereocenters. The molecule has 0 bridgehead atoms. The molecule has 2 aromatic rings. The van der Waals surface area contributed by atoms with Gasteiger partial charge in [0.2, 0.25) is 0 Å². The van der Waals surface area contributed by atoms with E-state index in [4.69, 9.17) is 0 Å². The smallest absolute Gasteiger partial charge is 0.348 e. The summed E-state index contributed by atoms with van der Waals surface area (Å²) in [4.78, 5) is 32.6. The summed E-state index contributed by atoms with van der Waals surface area (Å²) in [6, 6.07) is 0. The monoisotopic (exact) mass is 416 g/mol. The zero-order valence-electron chi connectivity index (χ0n) is 17.0. The number of thiazole rings is 1. The average molecular weight is 417 g/mol. The Morgan fingerprint density at radius 1 is 1.17 bits per heavy atom. The number of piperazine rings is 1. The molecule has 29 heavy (non-hydrogen) atoms. The molecule has 1 N–H and O–H groups in total. The van der Waals surface area contributed by atoms with E-state index in [0.29, 0.717) is 17.3 Å². The average Bonchev–Trinajstić information content (AvgIpc) is 3.20. The lowest BCUT2D eigenvalue weighted by Gasteiger charge is -2.34. The van der Waals surface area contributed by atoms with Gasteiger partial charge in [-0.3, -0.25) is 0 Å². The molecule has 0 unspecified atom stereocenters. The number of aromatic carboxylic acids is 1. The first-order chi connectivity index (χ1) is 14.0. The van der Waals surface area contributed by atoms with Crippen molar-refractivity contribution in [3.63, 3.8) is 0 Å². The molecule has 2 saturated heterocycles. The van der Waals surface area contributed by atoms with Crippen LogP contribution >= 0.6 is 11.3 Å². The lowest BCUT2D eigenvalue weighted by Crippen LogP contribution is -2.46. The van der Waals surface area contributed by atoms with E-state index >= 15 is 0 Å². The third kappa shape index (κ3) is 4.35. The molecule has 0 saturated carbocycles. The molecule has 2 aliphatic heterocycles. The molecule has 2 fully saturated rings. The Bertz CT molecular complexity index is 847. The molecule has 0 spiro atoms. The Hall–Kier alpha value is -2.26. The number of likely N-dealkylation sites (N-methyl/N-ethyl adjacent to an activating group) is 1. The van der Waals surface area contributed by atoms with Gasteiger partial charge in [-0.05, 0) is 25.3 Å². The summed E-state index contributed by atoms with van der Waals surface area (Å²) in [5.74, 6) is 0.466. The van der Waals surface area contributed by atoms with E-state index in [1.165, 1.54) is 17.8 Å². The minimum Gasteiger partial charge on any atom is -0.477 e. The molecule has 0 radical (unpaired) electrons. The van der Waals surface area contributed by atoms with Gasteiger partial charge in [-0.2, -0.15) is 0 Å². The van der Waals surface area contributed by atoms with Crippen LogP contribution in [0.4, 0.5) is 10.9 Å². The number of nitrogens with zero attached hydrogens (tertiary/aromatic N) is 6. The second-order valence-corrected chi connectivity index (χ2v) is 8.83. The van der Waals surface area contributed by atoms with E-state index in [1.807, 2.05) is 0 Å². The summed E-state index contributed by atoms with van der Waals surface area (Å²) in [6.45, 7) is 11.2. The largest absolute Gasteiger partial charge is 0.477 e. The van der Waals surface area contributed by atoms with Crippen LogP contribution in [0.5, 0.6) is 0 Å². The highest BCUT2D eigenvalue weighted by Gasteiger charge is 2.26. The highest BCUT2D eigenvalue weighted by Crippen LogP contribution is 2.34. The van der Waals surface area contributed by atoms with Crippen LogP contribution in [0.1, 0.15) is 36.4 Å². The van der Waals surface area contributed by atoms with Gasteiger partial charge in [0, 0.05) is 39.3 Å². The summed E-state index contributed by atoms with van der Waals surface area (Å²) in [5, 5.41) is 10.5. The topological polar surface area (TPSA) is 85.7 Å². The van der Waals surface area contributed by atoms with E-state index in [9.17, 15) is 9.90 Å². The molecule has 0 aliphatic carbocycles. The number of hydrogen-bond donors (Lipinski definition) is 1. The van der Waals surface area contributed by atoms with Crippen molar-refractivity contribution in [2.75, 3.05) is 55.6 Å². The number of rotatable bonds is 5. The van der Waals surface area contributed by atoms with Crippen molar-refractivity contribution in [1.29, 1.82) is 0 Å². The van der Waals surface area contributed by atoms with Gasteiger partial charge in [-0.1, -0.05) is 25.2 Å². The van der Waals surface area contributed by atoms with Crippen LogP contribution in [0.2, 0.25) is 0 Å². The fourth-order valence-electron chi connectivity index (χ4n) is 4.03. The number of carboxylic acid groups (broad SMARTS) is 1. The van der Waals surface area contributed by atoms with E-state index in [1.54, 1.807) is 12.4 Å². The maximum absolute atomic E-state index is 11.8. The van der Waals surface area contributed by atoms with Gasteiger partial charge in [0.15, 0.2) is 5.13 Å². The van der Waals surface area contributed by atoms with Gasteiger partial charge in [0.1, 0.15) is 22.1 Å². The van der Waals surface area contributed by atoms with E-state index in [2.05, 4.69) is 43.5 Å². The van der Waals surface area contributed by atoms with Crippen molar-refractivity contribution < 1.29 is 9.90 Å². The van der Waals surface area contributed by atoms with Gasteiger partial charge >= 0.3 is 5.97 Å². The van der Waals surface area contributed by atoms with Gasteiger partial charge in [-0.15, -0.1) is 0 Å². The van der Waals surface area contributed by atoms with Gasteiger partial charge in [-0.25, -0.2) is 19.7 Å². The molecular weight excluding hydrogens is 388 g/mol. The molecule has 0 aromatic carbocycles. The summed E-state index contributed by atoms with van der Waals surface area (Å²) >= 11 is 1.24. The van der Waals surface area contributed by atoms with Crippen LogP contribution in [0.15, 0.2) is 12.4 Å². The zero-order chi connectivity index (χ0) is 20.4. The van der Waals surface area contributed by atoms with Crippen molar-refractivity contribution in [1.82, 2.24) is 19.9 Å². The van der Waals surface area contributed by atoms with Crippen molar-refractivity contribution in [2.24, 2.45) is 5.92 Å². The molecule has 4 rings (SSSR count). The Labute approximate surface area is 175 Å². The Balaban J connectivity index is 1.55. The number of carbonyl (C=O) groups is 1. The number of aromatic nitrogens is 3. The van der Waals surface area contributed by atoms with E-state index < -0.39 is 5.97 Å². The number of piperidine rings is 1. The van der Waals surface area contributed by atoms with Crippen LogP contribution in [0, 0.1) is 5.92 Å². The van der Waals surface area contributed by atoms with Crippen LogP contribution in [0.3, 0.4) is 0 Å². The van der Waals surface area contributed by atoms with Gasteiger partial charge in [0.25, 0.3) is 0 Å². The molecular formula is C20H28N6O2S. The first-order valence-electron chi connectivity index (χ1n) is 10.3. The number of hydrogen-bond acceptors (Lipinski definition) is 8. The first kappa shape index (κ1) is 20.0. The summed E-state index contributed by atoms with van der Waals surface area (Å²) in [6.07, 6.45) is 5.72. The van der Waals surface area contributed by atoms with Crippen LogP contribution in [-0.4, -0.2) is 76.7 Å². The fourth-order valence-corrected chi connectivity index (χ4v) is 4.97. The SMILES string of the molecule is CCN1CCN(c2cnc(-c3nc(N4CCC[C@@H](C)C4)sc3C(=O)O)cn2)CC1. The van der Waals surface area contributed by atoms with Crippen molar-refractivity contribution >= 4 is 28.3 Å². The lowest BCUT2D eigenvalue weighted by molar-refractivity contribution is 0.0702. The predicted octanol–water partition coefficient (Wildman–Crippen LogP) is 2.68. The van der Waals surface area contributed by atoms with Crippen molar-refractivity contribution in [3.8, 4) is 11.4 Å². The fraction of sp³-hybridized carbons (Fsp3) is 0.600. The Morgan fingerprint density at radius 2 is 1.97 bits per heavy atom. The number of anilines is 2. The molecule has 0 amide bonds. The second kappa shape index (κ2) is 8.62. The third-order valence-electron chi connectivity index (χ3n) is 5.76. The lowest BCUT2D eigenvalue weighted by atomic mass is 10.0. The Kier molecular flexibility index (Phi) is 5.96. The quantitative estimate of drug-likeness (QED) is 0.796. The molecule has 2 aromatic heterocycles. The zero-order valence-corrected chi connectivity index (χ0v) is 17.9. The highest BCUT2D eigenvalue weighted by atomic mass is 32.1. The third-order valence-corrected chi connectivity index (χ3v) is 6.87. The maximum atomic E-state index is 11.8. The van der Waals surface area contributed by atoms with Crippen LogP contribution < -0.4 is 9.80 Å². The molecule has 2 aliphatic rings. The minimum absolute atomic E-state index is 0.233. The molecule has 156 valence electrons. The second-order valence-electron chi connectivity index (χ2n) is 7.85. The first-order valence-corrected chi connectivity index (χ1v) is 11.2. The normalized spacial score (nSPS) is 20.8. The summed E-state index contributed by atoms with van der Waals surface area (Å²) in [5.41, 5.74) is 0.941. The molecule has 8 nitrogen and oxygen atoms in total. The van der Waals surface area contributed by atoms with Crippen molar-refractivity contribution in [2.45, 2.75) is 26.7 Å². The summed E-state index contributed by atoms with van der Waals surface area (Å²) in [7, 11) is 0. The van der Waals surface area contributed by atoms with Crippen LogP contribution in [-0.2, 0) is 0 Å². The predicted molar refractivity (Wildman–Crippen MR) is 115 cm³/mol. The van der Waals surface area contributed by atoms with Gasteiger partial charge in [0.05, 0.1) is 12.4 Å². The minimum atomic E-state index is -0.963. The van der Waals surface area contributed by atoms with Gasteiger partial charge < -0.3 is 19.8 Å². The Morgan fingerprint density at radius 3 is 2.59 bits per heavy atom. The van der Waals surface area contributed by atoms with Crippen molar-refractivity contribution in [3.05, 3.63) is 17.3 Å². The molecule has 9 heteroatoms. The molecule has 4 heterocycles. The standard InChI is InChI=1S/C20H28N6O2S/c1-3-24-7-9-25(10-8-24)16-12-21-15(11-22-16)17-18(19(27)28)29-20(23-17)26-6-4-5-14(2)13-26/h11-12,14H,3-10,13H2,1-2H3,(H,27,28)/t14-/m1/s1.